The topological polar surface area (TPSA) is 55.1 Å². The Balaban J connectivity index is 1.71. The molecule has 4 aromatic rings. The normalized spacial score (nSPS) is 11.0. The average Bonchev–Trinajstić information content (AvgIpc) is 3.02. The predicted molar refractivity (Wildman–Crippen MR) is 108 cm³/mol. The molecule has 0 spiro atoms. The zero-order valence-corrected chi connectivity index (χ0v) is 15.7. The van der Waals surface area contributed by atoms with E-state index in [4.69, 9.17) is 16.0 Å². The van der Waals surface area contributed by atoms with Crippen molar-refractivity contribution in [1.82, 2.24) is 4.98 Å². The summed E-state index contributed by atoms with van der Waals surface area (Å²) in [5, 5.41) is 7.04. The van der Waals surface area contributed by atoms with Crippen LogP contribution >= 0.6 is 22.9 Å². The van der Waals surface area contributed by atoms with Gasteiger partial charge in [0, 0.05) is 16.5 Å². The number of nitrogens with zero attached hydrogens (tertiary/aromatic N) is 1. The average molecular weight is 383 g/mol. The van der Waals surface area contributed by atoms with E-state index in [9.17, 15) is 4.79 Å². The molecule has 0 unspecified atom stereocenters. The fraction of sp³-hybridized carbons (Fsp3) is 0.100. The van der Waals surface area contributed by atoms with Gasteiger partial charge in [-0.05, 0) is 49.2 Å². The molecule has 0 saturated carbocycles. The van der Waals surface area contributed by atoms with E-state index in [1.807, 2.05) is 17.5 Å². The zero-order chi connectivity index (χ0) is 18.3. The van der Waals surface area contributed by atoms with Crippen LogP contribution in [0.15, 0.2) is 57.1 Å². The molecule has 1 N–H and O–H groups in total. The van der Waals surface area contributed by atoms with Crippen molar-refractivity contribution in [2.45, 2.75) is 13.8 Å². The van der Waals surface area contributed by atoms with Gasteiger partial charge in [-0.25, -0.2) is 9.78 Å². The van der Waals surface area contributed by atoms with Crippen molar-refractivity contribution in [2.75, 3.05) is 5.32 Å². The van der Waals surface area contributed by atoms with E-state index in [1.165, 1.54) is 22.5 Å². The number of thiazole rings is 1. The van der Waals surface area contributed by atoms with Crippen LogP contribution < -0.4 is 10.9 Å². The Morgan fingerprint density at radius 2 is 1.88 bits per heavy atom. The first-order valence-corrected chi connectivity index (χ1v) is 9.29. The van der Waals surface area contributed by atoms with Crippen LogP contribution in [0.25, 0.3) is 22.2 Å². The van der Waals surface area contributed by atoms with E-state index < -0.39 is 5.63 Å². The Hall–Kier alpha value is -2.63. The van der Waals surface area contributed by atoms with Gasteiger partial charge in [-0.1, -0.05) is 29.8 Å². The molecule has 0 aliphatic carbocycles. The molecule has 0 atom stereocenters. The molecule has 4 rings (SSSR count). The summed E-state index contributed by atoms with van der Waals surface area (Å²) in [5.74, 6) is 0. The Labute approximate surface area is 159 Å². The maximum Gasteiger partial charge on any atom is 0.345 e. The van der Waals surface area contributed by atoms with E-state index in [0.717, 1.165) is 16.2 Å². The first-order chi connectivity index (χ1) is 12.5. The molecule has 0 aliphatic heterocycles. The van der Waals surface area contributed by atoms with Gasteiger partial charge in [-0.15, -0.1) is 11.3 Å². The van der Waals surface area contributed by atoms with Gasteiger partial charge in [0.05, 0.1) is 16.3 Å². The fourth-order valence-corrected chi connectivity index (χ4v) is 3.86. The summed E-state index contributed by atoms with van der Waals surface area (Å²) in [6.45, 7) is 4.10. The van der Waals surface area contributed by atoms with Crippen molar-refractivity contribution in [3.05, 3.63) is 74.4 Å². The van der Waals surface area contributed by atoms with Crippen LogP contribution in [-0.4, -0.2) is 4.98 Å². The lowest BCUT2D eigenvalue weighted by Gasteiger charge is -2.05. The minimum Gasteiger partial charge on any atom is -0.421 e. The number of hydrogen-bond donors (Lipinski definition) is 1. The molecule has 2 heterocycles. The maximum absolute atomic E-state index is 12.4. The van der Waals surface area contributed by atoms with E-state index in [2.05, 4.69) is 42.3 Å². The first-order valence-electron chi connectivity index (χ1n) is 8.03. The Kier molecular flexibility index (Phi) is 4.26. The molecule has 2 aromatic heterocycles. The molecule has 130 valence electrons. The van der Waals surface area contributed by atoms with Gasteiger partial charge >= 0.3 is 5.63 Å². The smallest absolute Gasteiger partial charge is 0.345 e. The number of anilines is 2. The second-order valence-electron chi connectivity index (χ2n) is 6.15. The lowest BCUT2D eigenvalue weighted by atomic mass is 10.1. The molecule has 0 amide bonds. The van der Waals surface area contributed by atoms with Gasteiger partial charge in [-0.3, -0.25) is 0 Å². The van der Waals surface area contributed by atoms with E-state index in [-0.39, 0.29) is 0 Å². The van der Waals surface area contributed by atoms with Crippen molar-refractivity contribution in [2.24, 2.45) is 0 Å². The van der Waals surface area contributed by atoms with E-state index in [1.54, 1.807) is 12.1 Å². The van der Waals surface area contributed by atoms with Gasteiger partial charge < -0.3 is 9.73 Å². The van der Waals surface area contributed by atoms with Gasteiger partial charge in [0.1, 0.15) is 0 Å². The highest BCUT2D eigenvalue weighted by molar-refractivity contribution is 7.14. The van der Waals surface area contributed by atoms with Crippen LogP contribution in [-0.2, 0) is 0 Å². The minimum atomic E-state index is -0.450. The summed E-state index contributed by atoms with van der Waals surface area (Å²) in [5.41, 5.74) is 4.27. The maximum atomic E-state index is 12.4. The summed E-state index contributed by atoms with van der Waals surface area (Å²) in [4.78, 5) is 16.9. The van der Waals surface area contributed by atoms with Gasteiger partial charge in [0.15, 0.2) is 10.7 Å². The Morgan fingerprint density at radius 1 is 1.12 bits per heavy atom. The number of nitrogens with one attached hydrogen (secondary N) is 1. The highest BCUT2D eigenvalue weighted by atomic mass is 35.5. The van der Waals surface area contributed by atoms with Crippen LogP contribution in [0.5, 0.6) is 0 Å². The number of para-hydroxylation sites is 1. The second-order valence-corrected chi connectivity index (χ2v) is 7.41. The van der Waals surface area contributed by atoms with E-state index in [0.29, 0.717) is 21.9 Å². The van der Waals surface area contributed by atoms with Crippen molar-refractivity contribution in [3.8, 4) is 11.3 Å². The summed E-state index contributed by atoms with van der Waals surface area (Å²) >= 11 is 7.53. The summed E-state index contributed by atoms with van der Waals surface area (Å²) in [7, 11) is 0. The standard InChI is InChI=1S/C20H15ClN2O2S/c1-11-6-12(2)8-14(7-11)22-20-23-17(10-26-20)15-9-13-4-3-5-16(21)18(13)25-19(15)24/h3-10H,1-2H3,(H,22,23). The highest BCUT2D eigenvalue weighted by Crippen LogP contribution is 2.29. The number of halogens is 1. The molecule has 0 radical (unpaired) electrons. The molecule has 4 nitrogen and oxygen atoms in total. The number of aromatic nitrogens is 1. The van der Waals surface area contributed by atoms with Crippen LogP contribution in [0.4, 0.5) is 10.8 Å². The Morgan fingerprint density at radius 3 is 2.65 bits per heavy atom. The van der Waals surface area contributed by atoms with E-state index >= 15 is 0 Å². The lowest BCUT2D eigenvalue weighted by Crippen LogP contribution is -2.03. The van der Waals surface area contributed by atoms with Gasteiger partial charge in [0.25, 0.3) is 0 Å². The zero-order valence-electron chi connectivity index (χ0n) is 14.2. The van der Waals surface area contributed by atoms with Crippen molar-refractivity contribution in [3.63, 3.8) is 0 Å². The third-order valence-corrected chi connectivity index (χ3v) is 5.02. The van der Waals surface area contributed by atoms with Crippen molar-refractivity contribution < 1.29 is 4.42 Å². The van der Waals surface area contributed by atoms with Crippen molar-refractivity contribution in [1.29, 1.82) is 0 Å². The van der Waals surface area contributed by atoms with Crippen LogP contribution in [0, 0.1) is 13.8 Å². The van der Waals surface area contributed by atoms with Gasteiger partial charge in [0.2, 0.25) is 0 Å². The molecular formula is C20H15ClN2O2S. The van der Waals surface area contributed by atoms with Crippen LogP contribution in [0.3, 0.4) is 0 Å². The summed E-state index contributed by atoms with van der Waals surface area (Å²) < 4.78 is 5.39. The number of rotatable bonds is 3. The highest BCUT2D eigenvalue weighted by Gasteiger charge is 2.13. The monoisotopic (exact) mass is 382 g/mol. The molecular weight excluding hydrogens is 368 g/mol. The quantitative estimate of drug-likeness (QED) is 0.446. The van der Waals surface area contributed by atoms with Crippen LogP contribution in [0.2, 0.25) is 5.02 Å². The molecule has 0 saturated heterocycles. The van der Waals surface area contributed by atoms with Crippen LogP contribution in [0.1, 0.15) is 11.1 Å². The largest absolute Gasteiger partial charge is 0.421 e. The SMILES string of the molecule is Cc1cc(C)cc(Nc2nc(-c3cc4cccc(Cl)c4oc3=O)cs2)c1. The Bertz CT molecular complexity index is 1160. The summed E-state index contributed by atoms with van der Waals surface area (Å²) in [6, 6.07) is 13.4. The number of hydrogen-bond acceptors (Lipinski definition) is 5. The molecule has 26 heavy (non-hydrogen) atoms. The number of fused-ring (bicyclic) bond motifs is 1. The third-order valence-electron chi connectivity index (χ3n) is 3.97. The number of aryl methyl sites for hydroxylation is 2. The van der Waals surface area contributed by atoms with Crippen molar-refractivity contribution >= 4 is 44.7 Å². The first kappa shape index (κ1) is 16.8. The van der Waals surface area contributed by atoms with Gasteiger partial charge in [-0.2, -0.15) is 0 Å². The summed E-state index contributed by atoms with van der Waals surface area (Å²) in [6.07, 6.45) is 0. The second kappa shape index (κ2) is 6.59. The minimum absolute atomic E-state index is 0.395. The predicted octanol–water partition coefficient (Wildman–Crippen LogP) is 5.93. The molecule has 6 heteroatoms. The third kappa shape index (κ3) is 3.23. The molecule has 2 aromatic carbocycles. The number of benzene rings is 2. The lowest BCUT2D eigenvalue weighted by molar-refractivity contribution is 0.563. The molecule has 0 bridgehead atoms. The molecule has 0 fully saturated rings. The fourth-order valence-electron chi connectivity index (χ4n) is 2.91. The molecule has 0 aliphatic rings.